The Morgan fingerprint density at radius 2 is 1.67 bits per heavy atom. The highest BCUT2D eigenvalue weighted by atomic mass is 16.7. The molecule has 1 unspecified atom stereocenters. The summed E-state index contributed by atoms with van der Waals surface area (Å²) in [4.78, 5) is 29.2. The van der Waals surface area contributed by atoms with Gasteiger partial charge in [-0.3, -0.25) is 14.5 Å². The first kappa shape index (κ1) is 22.9. The van der Waals surface area contributed by atoms with Gasteiger partial charge in [0, 0.05) is 46.0 Å². The van der Waals surface area contributed by atoms with Crippen molar-refractivity contribution in [3.8, 4) is 11.5 Å². The number of rotatable bonds is 7. The first-order valence-electron chi connectivity index (χ1n) is 11.0. The summed E-state index contributed by atoms with van der Waals surface area (Å²) in [6, 6.07) is 13.6. The fourth-order valence-electron chi connectivity index (χ4n) is 3.92. The number of hydrogen-bond donors (Lipinski definition) is 2. The first-order chi connectivity index (χ1) is 16.0. The van der Waals surface area contributed by atoms with Gasteiger partial charge < -0.3 is 29.7 Å². The van der Waals surface area contributed by atoms with Gasteiger partial charge in [0.05, 0.1) is 19.3 Å². The van der Waals surface area contributed by atoms with E-state index in [1.807, 2.05) is 25.1 Å². The summed E-state index contributed by atoms with van der Waals surface area (Å²) in [5.74, 6) is -0.00862. The number of nitrogens with zero attached hydrogens (tertiary/aromatic N) is 2. The van der Waals surface area contributed by atoms with Crippen molar-refractivity contribution >= 4 is 17.5 Å². The summed E-state index contributed by atoms with van der Waals surface area (Å²) in [7, 11) is 3.99. The van der Waals surface area contributed by atoms with Crippen LogP contribution >= 0.6 is 0 Å². The number of fused-ring (bicyclic) bond motifs is 1. The maximum Gasteiger partial charge on any atom is 0.309 e. The van der Waals surface area contributed by atoms with Crippen molar-refractivity contribution in [3.63, 3.8) is 0 Å². The molecule has 4 rings (SSSR count). The van der Waals surface area contributed by atoms with E-state index in [2.05, 4.69) is 39.8 Å². The van der Waals surface area contributed by atoms with E-state index >= 15 is 0 Å². The number of benzene rings is 2. The van der Waals surface area contributed by atoms with Crippen molar-refractivity contribution in [2.75, 3.05) is 58.6 Å². The van der Waals surface area contributed by atoms with E-state index in [1.54, 1.807) is 12.1 Å². The molecule has 0 aromatic heterocycles. The van der Waals surface area contributed by atoms with Crippen LogP contribution in [0.25, 0.3) is 0 Å². The number of morpholine rings is 1. The molecule has 2 N–H and O–H groups in total. The fraction of sp³-hybridized carbons (Fsp3) is 0.417. The molecule has 0 radical (unpaired) electrons. The molecule has 1 fully saturated rings. The van der Waals surface area contributed by atoms with Gasteiger partial charge in [-0.2, -0.15) is 0 Å². The zero-order chi connectivity index (χ0) is 23.2. The third-order valence-electron chi connectivity index (χ3n) is 5.83. The van der Waals surface area contributed by atoms with Crippen LogP contribution in [0, 0.1) is 0 Å². The molecule has 33 heavy (non-hydrogen) atoms. The van der Waals surface area contributed by atoms with Crippen molar-refractivity contribution in [1.82, 2.24) is 15.5 Å². The third kappa shape index (κ3) is 5.74. The predicted molar refractivity (Wildman–Crippen MR) is 123 cm³/mol. The van der Waals surface area contributed by atoms with E-state index in [4.69, 9.17) is 14.2 Å². The Labute approximate surface area is 193 Å². The van der Waals surface area contributed by atoms with Crippen LogP contribution in [-0.4, -0.2) is 70.5 Å². The molecule has 0 bridgehead atoms. The summed E-state index contributed by atoms with van der Waals surface area (Å²) >= 11 is 0. The quantitative estimate of drug-likeness (QED) is 0.609. The minimum atomic E-state index is -0.670. The summed E-state index contributed by atoms with van der Waals surface area (Å²) in [6.07, 6.45) is 0. The minimum absolute atomic E-state index is 0.0456. The molecule has 2 heterocycles. The van der Waals surface area contributed by atoms with Gasteiger partial charge in [0.1, 0.15) is 0 Å². The number of anilines is 1. The monoisotopic (exact) mass is 454 g/mol. The second-order valence-electron chi connectivity index (χ2n) is 8.23. The molecular formula is C24H30N4O5. The first-order valence-corrected chi connectivity index (χ1v) is 11.0. The predicted octanol–water partition coefficient (Wildman–Crippen LogP) is 1.29. The summed E-state index contributed by atoms with van der Waals surface area (Å²) in [6.45, 7) is 3.58. The average molecular weight is 455 g/mol. The van der Waals surface area contributed by atoms with E-state index in [0.717, 1.165) is 29.9 Å². The summed E-state index contributed by atoms with van der Waals surface area (Å²) in [5, 5.41) is 5.47. The van der Waals surface area contributed by atoms with Crippen LogP contribution in [0.3, 0.4) is 0 Å². The van der Waals surface area contributed by atoms with Crippen LogP contribution in [0.15, 0.2) is 42.5 Å². The molecule has 2 aliphatic rings. The Morgan fingerprint density at radius 3 is 2.39 bits per heavy atom. The Balaban J connectivity index is 1.34. The number of ether oxygens (including phenoxy) is 3. The largest absolute Gasteiger partial charge is 0.454 e. The Bertz CT molecular complexity index is 973. The van der Waals surface area contributed by atoms with Crippen LogP contribution in [0.2, 0.25) is 0 Å². The summed E-state index contributed by atoms with van der Waals surface area (Å²) in [5.41, 5.74) is 3.02. The van der Waals surface area contributed by atoms with Gasteiger partial charge in [-0.1, -0.05) is 18.2 Å². The Kier molecular flexibility index (Phi) is 7.31. The molecule has 2 aliphatic heterocycles. The molecule has 0 spiro atoms. The summed E-state index contributed by atoms with van der Waals surface area (Å²) < 4.78 is 16.1. The second kappa shape index (κ2) is 10.5. The zero-order valence-electron chi connectivity index (χ0n) is 19.0. The molecule has 0 aliphatic carbocycles. The van der Waals surface area contributed by atoms with E-state index in [1.165, 1.54) is 0 Å². The molecule has 9 nitrogen and oxygen atoms in total. The van der Waals surface area contributed by atoms with Crippen molar-refractivity contribution < 1.29 is 23.8 Å². The molecule has 2 aromatic carbocycles. The van der Waals surface area contributed by atoms with E-state index in [9.17, 15) is 9.59 Å². The molecule has 2 amide bonds. The highest BCUT2D eigenvalue weighted by molar-refractivity contribution is 6.35. The standard InChI is InChI=1S/C24H30N4O5/c1-27(2)19-6-4-18(5-7-19)20(28-9-11-31-12-10-28)15-26-24(30)23(29)25-14-17-3-8-21-22(13-17)33-16-32-21/h3-8,13,20H,9-12,14-16H2,1-2H3,(H,25,29)(H,26,30). The maximum atomic E-state index is 12.5. The number of nitrogens with one attached hydrogen (secondary N) is 2. The molecule has 1 saturated heterocycles. The number of carbonyl (C=O) groups is 2. The lowest BCUT2D eigenvalue weighted by atomic mass is 10.0. The van der Waals surface area contributed by atoms with Gasteiger partial charge in [-0.05, 0) is 35.4 Å². The van der Waals surface area contributed by atoms with Crippen LogP contribution in [0.5, 0.6) is 11.5 Å². The fourth-order valence-corrected chi connectivity index (χ4v) is 3.92. The lowest BCUT2D eigenvalue weighted by Crippen LogP contribution is -2.46. The lowest BCUT2D eigenvalue weighted by Gasteiger charge is -2.35. The van der Waals surface area contributed by atoms with Gasteiger partial charge in [0.15, 0.2) is 11.5 Å². The molecule has 2 aromatic rings. The molecule has 0 saturated carbocycles. The maximum absolute atomic E-state index is 12.5. The topological polar surface area (TPSA) is 92.4 Å². The zero-order valence-corrected chi connectivity index (χ0v) is 19.0. The minimum Gasteiger partial charge on any atom is -0.454 e. The SMILES string of the molecule is CN(C)c1ccc(C(CNC(=O)C(=O)NCc2ccc3c(c2)OCO3)N2CCOCC2)cc1. The van der Waals surface area contributed by atoms with Crippen LogP contribution in [0.4, 0.5) is 5.69 Å². The molecular weight excluding hydrogens is 424 g/mol. The highest BCUT2D eigenvalue weighted by Gasteiger charge is 2.24. The van der Waals surface area contributed by atoms with Crippen LogP contribution in [0.1, 0.15) is 17.2 Å². The third-order valence-corrected chi connectivity index (χ3v) is 5.83. The number of hydrogen-bond acceptors (Lipinski definition) is 7. The highest BCUT2D eigenvalue weighted by Crippen LogP contribution is 2.32. The molecule has 1 atom stereocenters. The van der Waals surface area contributed by atoms with Gasteiger partial charge in [-0.15, -0.1) is 0 Å². The lowest BCUT2D eigenvalue weighted by molar-refractivity contribution is -0.139. The van der Waals surface area contributed by atoms with Crippen molar-refractivity contribution in [1.29, 1.82) is 0 Å². The second-order valence-corrected chi connectivity index (χ2v) is 8.23. The Morgan fingerprint density at radius 1 is 0.970 bits per heavy atom. The molecule has 9 heteroatoms. The van der Waals surface area contributed by atoms with E-state index < -0.39 is 11.8 Å². The van der Waals surface area contributed by atoms with Gasteiger partial charge in [0.25, 0.3) is 0 Å². The van der Waals surface area contributed by atoms with Crippen molar-refractivity contribution in [2.45, 2.75) is 12.6 Å². The van der Waals surface area contributed by atoms with Crippen LogP contribution in [-0.2, 0) is 20.9 Å². The van der Waals surface area contributed by atoms with E-state index in [-0.39, 0.29) is 19.4 Å². The number of amides is 2. The normalized spacial score (nSPS) is 16.2. The Hall–Kier alpha value is -3.30. The van der Waals surface area contributed by atoms with Gasteiger partial charge in [-0.25, -0.2) is 0 Å². The smallest absolute Gasteiger partial charge is 0.309 e. The van der Waals surface area contributed by atoms with Crippen LogP contribution < -0.4 is 25.0 Å². The molecule has 176 valence electrons. The van der Waals surface area contributed by atoms with Gasteiger partial charge >= 0.3 is 11.8 Å². The van der Waals surface area contributed by atoms with Crippen molar-refractivity contribution in [2.24, 2.45) is 0 Å². The van der Waals surface area contributed by atoms with Gasteiger partial charge in [0.2, 0.25) is 6.79 Å². The van der Waals surface area contributed by atoms with Crippen molar-refractivity contribution in [3.05, 3.63) is 53.6 Å². The number of carbonyl (C=O) groups excluding carboxylic acids is 2. The average Bonchev–Trinajstić information content (AvgIpc) is 3.31. The van der Waals surface area contributed by atoms with E-state index in [0.29, 0.717) is 31.3 Å².